The van der Waals surface area contributed by atoms with Crippen molar-refractivity contribution in [2.75, 3.05) is 7.11 Å². The summed E-state index contributed by atoms with van der Waals surface area (Å²) in [4.78, 5) is 31.7. The van der Waals surface area contributed by atoms with Crippen molar-refractivity contribution >= 4 is 11.0 Å². The number of nitrogens with zero attached hydrogens (tertiary/aromatic N) is 1. The van der Waals surface area contributed by atoms with Gasteiger partial charge in [0.25, 0.3) is 5.56 Å². The lowest BCUT2D eigenvalue weighted by Crippen LogP contribution is -2.22. The molecule has 0 amide bonds. The number of fused-ring (bicyclic) bond motifs is 1. The number of aromatic amines is 2. The van der Waals surface area contributed by atoms with Gasteiger partial charge in [0, 0.05) is 5.56 Å². The highest BCUT2D eigenvalue weighted by Crippen LogP contribution is 2.31. The van der Waals surface area contributed by atoms with Gasteiger partial charge in [0.1, 0.15) is 17.1 Å². The van der Waals surface area contributed by atoms with Crippen LogP contribution in [0.25, 0.3) is 22.3 Å². The highest BCUT2D eigenvalue weighted by molar-refractivity contribution is 5.79. The molecule has 0 bridgehead atoms. The highest BCUT2D eigenvalue weighted by Gasteiger charge is 2.10. The summed E-state index contributed by atoms with van der Waals surface area (Å²) in [6.45, 7) is 0. The Hall–Kier alpha value is -3.09. The third-order valence-electron chi connectivity index (χ3n) is 3.08. The van der Waals surface area contributed by atoms with Crippen molar-refractivity contribution in [2.45, 2.75) is 0 Å². The Balaban J connectivity index is 2.26. The molecule has 0 aliphatic carbocycles. The zero-order valence-corrected chi connectivity index (χ0v) is 11.0. The van der Waals surface area contributed by atoms with E-state index in [1.807, 2.05) is 0 Å². The number of methoxy groups -OCH3 is 1. The van der Waals surface area contributed by atoms with Crippen LogP contribution in [0.4, 0.5) is 0 Å². The Morgan fingerprint density at radius 3 is 2.71 bits per heavy atom. The van der Waals surface area contributed by atoms with Crippen LogP contribution in [0.2, 0.25) is 0 Å². The normalized spacial score (nSPS) is 10.7. The number of aromatic nitrogens is 3. The van der Waals surface area contributed by atoms with E-state index in [4.69, 9.17) is 4.74 Å². The lowest BCUT2D eigenvalue weighted by molar-refractivity contribution is 0.412. The van der Waals surface area contributed by atoms with E-state index in [1.165, 1.54) is 19.2 Å². The highest BCUT2D eigenvalue weighted by atomic mass is 16.5. The number of ether oxygens (including phenoxy) is 1. The van der Waals surface area contributed by atoms with Crippen LogP contribution in [0, 0.1) is 0 Å². The molecule has 0 unspecified atom stereocenters. The van der Waals surface area contributed by atoms with Crippen LogP contribution < -0.4 is 16.0 Å². The molecule has 0 aliphatic heterocycles. The predicted octanol–water partition coefficient (Wildman–Crippen LogP) is 0.993. The molecule has 0 atom stereocenters. The summed E-state index contributed by atoms with van der Waals surface area (Å²) in [5, 5.41) is 10.2. The predicted molar refractivity (Wildman–Crippen MR) is 76.6 cm³/mol. The molecule has 7 nitrogen and oxygen atoms in total. The maximum Gasteiger partial charge on any atom is 0.327 e. The van der Waals surface area contributed by atoms with E-state index in [2.05, 4.69) is 15.0 Å². The van der Waals surface area contributed by atoms with Crippen molar-refractivity contribution in [3.05, 3.63) is 51.2 Å². The number of hydrogen-bond acceptors (Lipinski definition) is 5. The maximum atomic E-state index is 11.6. The van der Waals surface area contributed by atoms with Crippen molar-refractivity contribution in [1.82, 2.24) is 15.0 Å². The lowest BCUT2D eigenvalue weighted by atomic mass is 10.1. The third kappa shape index (κ3) is 2.25. The molecule has 3 N–H and O–H groups in total. The molecule has 0 fully saturated rings. The molecular formula is C14H11N3O4. The Labute approximate surface area is 117 Å². The number of nitrogens with one attached hydrogen (secondary N) is 2. The summed E-state index contributed by atoms with van der Waals surface area (Å²) in [7, 11) is 1.51. The second-order valence-electron chi connectivity index (χ2n) is 4.38. The van der Waals surface area contributed by atoms with Gasteiger partial charge in [0.2, 0.25) is 0 Å². The van der Waals surface area contributed by atoms with E-state index in [0.717, 1.165) is 0 Å². The van der Waals surface area contributed by atoms with Crippen molar-refractivity contribution < 1.29 is 9.84 Å². The van der Waals surface area contributed by atoms with Gasteiger partial charge in [0.05, 0.1) is 18.2 Å². The van der Waals surface area contributed by atoms with E-state index in [9.17, 15) is 14.7 Å². The lowest BCUT2D eigenvalue weighted by Gasteiger charge is -2.07. The Morgan fingerprint density at radius 1 is 1.14 bits per heavy atom. The van der Waals surface area contributed by atoms with Gasteiger partial charge < -0.3 is 9.84 Å². The van der Waals surface area contributed by atoms with Crippen LogP contribution in [0.1, 0.15) is 0 Å². The quantitative estimate of drug-likeness (QED) is 0.650. The number of aromatic hydroxyl groups is 1. The zero-order chi connectivity index (χ0) is 15.0. The summed E-state index contributed by atoms with van der Waals surface area (Å²) < 4.78 is 5.11. The van der Waals surface area contributed by atoms with Crippen LogP contribution in [0.15, 0.2) is 39.9 Å². The van der Waals surface area contributed by atoms with Crippen LogP contribution in [-0.2, 0) is 0 Å². The first kappa shape index (κ1) is 12.9. The van der Waals surface area contributed by atoms with Crippen molar-refractivity contribution in [1.29, 1.82) is 0 Å². The molecule has 1 aromatic carbocycles. The molecule has 2 heterocycles. The Morgan fingerprint density at radius 2 is 1.95 bits per heavy atom. The van der Waals surface area contributed by atoms with E-state index >= 15 is 0 Å². The summed E-state index contributed by atoms with van der Waals surface area (Å²) in [6.07, 6.45) is 0. The molecule has 0 radical (unpaired) electrons. The smallest absolute Gasteiger partial charge is 0.327 e. The molecule has 7 heteroatoms. The molecule has 3 rings (SSSR count). The standard InChI is InChI=1S/C14H11N3O4/c1-21-7-2-5-11(18)9(6-7)10-4-3-8-12(15-10)16-14(20)17-13(8)19/h2-6,18H,1H3,(H2,15,16,17,19,20). The SMILES string of the molecule is COc1ccc(O)c(-c2ccc3c(=O)[nH]c(=O)[nH]c3n2)c1. The molecule has 106 valence electrons. The Bertz CT molecular complexity index is 943. The monoisotopic (exact) mass is 285 g/mol. The van der Waals surface area contributed by atoms with E-state index in [-0.39, 0.29) is 16.8 Å². The molecule has 0 spiro atoms. The second-order valence-corrected chi connectivity index (χ2v) is 4.38. The first-order valence-corrected chi connectivity index (χ1v) is 6.09. The van der Waals surface area contributed by atoms with Gasteiger partial charge in [0.15, 0.2) is 0 Å². The van der Waals surface area contributed by atoms with E-state index < -0.39 is 11.2 Å². The largest absolute Gasteiger partial charge is 0.507 e. The summed E-state index contributed by atoms with van der Waals surface area (Å²) in [5.74, 6) is 0.582. The first-order chi connectivity index (χ1) is 10.1. The fraction of sp³-hybridized carbons (Fsp3) is 0.0714. The molecule has 0 aliphatic rings. The summed E-state index contributed by atoms with van der Waals surface area (Å²) in [6, 6.07) is 7.84. The van der Waals surface area contributed by atoms with Crippen LogP contribution >= 0.6 is 0 Å². The maximum absolute atomic E-state index is 11.6. The van der Waals surface area contributed by atoms with Gasteiger partial charge in [-0.05, 0) is 30.3 Å². The van der Waals surface area contributed by atoms with Gasteiger partial charge in [-0.1, -0.05) is 0 Å². The second kappa shape index (κ2) is 4.78. The topological polar surface area (TPSA) is 108 Å². The molecule has 2 aromatic heterocycles. The average molecular weight is 285 g/mol. The number of benzene rings is 1. The van der Waals surface area contributed by atoms with Crippen LogP contribution in [0.3, 0.4) is 0 Å². The molecular weight excluding hydrogens is 274 g/mol. The third-order valence-corrected chi connectivity index (χ3v) is 3.08. The minimum absolute atomic E-state index is 0.0230. The van der Waals surface area contributed by atoms with Gasteiger partial charge in [-0.3, -0.25) is 14.8 Å². The van der Waals surface area contributed by atoms with Gasteiger partial charge >= 0.3 is 5.69 Å². The number of H-pyrrole nitrogens is 2. The minimum atomic E-state index is -0.632. The number of rotatable bonds is 2. The zero-order valence-electron chi connectivity index (χ0n) is 11.0. The van der Waals surface area contributed by atoms with Crippen molar-refractivity contribution in [3.63, 3.8) is 0 Å². The van der Waals surface area contributed by atoms with E-state index in [1.54, 1.807) is 18.2 Å². The molecule has 0 saturated heterocycles. The Kier molecular flexibility index (Phi) is 2.94. The first-order valence-electron chi connectivity index (χ1n) is 6.09. The molecule has 3 aromatic rings. The van der Waals surface area contributed by atoms with Gasteiger partial charge in [-0.15, -0.1) is 0 Å². The number of phenols is 1. The van der Waals surface area contributed by atoms with E-state index in [0.29, 0.717) is 17.0 Å². The summed E-state index contributed by atoms with van der Waals surface area (Å²) >= 11 is 0. The number of hydrogen-bond donors (Lipinski definition) is 3. The molecule has 21 heavy (non-hydrogen) atoms. The van der Waals surface area contributed by atoms with Crippen molar-refractivity contribution in [2.24, 2.45) is 0 Å². The van der Waals surface area contributed by atoms with Gasteiger partial charge in [-0.25, -0.2) is 9.78 Å². The summed E-state index contributed by atoms with van der Waals surface area (Å²) in [5.41, 5.74) is -0.129. The average Bonchev–Trinajstić information content (AvgIpc) is 2.47. The van der Waals surface area contributed by atoms with Crippen LogP contribution in [-0.4, -0.2) is 27.2 Å². The molecule has 0 saturated carbocycles. The van der Waals surface area contributed by atoms with Crippen LogP contribution in [0.5, 0.6) is 11.5 Å². The number of phenolic OH excluding ortho intramolecular Hbond substituents is 1. The van der Waals surface area contributed by atoms with Gasteiger partial charge in [-0.2, -0.15) is 0 Å². The number of pyridine rings is 1. The fourth-order valence-electron chi connectivity index (χ4n) is 2.04. The minimum Gasteiger partial charge on any atom is -0.507 e. The fourth-order valence-corrected chi connectivity index (χ4v) is 2.04. The van der Waals surface area contributed by atoms with Crippen molar-refractivity contribution in [3.8, 4) is 22.8 Å².